The van der Waals surface area contributed by atoms with E-state index in [1.54, 1.807) is 6.07 Å². The van der Waals surface area contributed by atoms with Crippen LogP contribution >= 0.6 is 12.6 Å². The lowest BCUT2D eigenvalue weighted by Gasteiger charge is -2.34. The minimum atomic E-state index is -0.470. The van der Waals surface area contributed by atoms with Crippen LogP contribution in [0.5, 0.6) is 0 Å². The Morgan fingerprint density at radius 1 is 1.45 bits per heavy atom. The van der Waals surface area contributed by atoms with Gasteiger partial charge in [0.25, 0.3) is 5.91 Å². The summed E-state index contributed by atoms with van der Waals surface area (Å²) in [5.41, 5.74) is 0.129. The van der Waals surface area contributed by atoms with Gasteiger partial charge in [-0.15, -0.1) is 12.6 Å². The molecule has 2 rings (SSSR count). The first kappa shape index (κ1) is 15.3. The predicted octanol–water partition coefficient (Wildman–Crippen LogP) is 2.72. The molecule has 1 heterocycles. The maximum atomic E-state index is 13.9. The van der Waals surface area contributed by atoms with E-state index in [1.807, 2.05) is 11.8 Å². The topological polar surface area (TPSA) is 32.3 Å². The Bertz CT molecular complexity index is 475. The molecule has 5 heteroatoms. The number of nitrogens with one attached hydrogen (secondary N) is 1. The number of thiol groups is 1. The average Bonchev–Trinajstić information content (AvgIpc) is 2.47. The van der Waals surface area contributed by atoms with Crippen molar-refractivity contribution in [2.75, 3.05) is 19.6 Å². The van der Waals surface area contributed by atoms with Gasteiger partial charge >= 0.3 is 0 Å². The van der Waals surface area contributed by atoms with Crippen LogP contribution in [0.3, 0.4) is 0 Å². The first-order chi connectivity index (χ1) is 9.63. The highest BCUT2D eigenvalue weighted by molar-refractivity contribution is 7.80. The molecule has 1 aromatic rings. The second-order valence-corrected chi connectivity index (χ2v) is 5.66. The lowest BCUT2D eigenvalue weighted by atomic mass is 10.0. The molecule has 1 aliphatic rings. The molecule has 0 atom stereocenters. The summed E-state index contributed by atoms with van der Waals surface area (Å²) in [5.74, 6) is -0.685. The Kier molecular flexibility index (Phi) is 5.43. The van der Waals surface area contributed by atoms with Crippen molar-refractivity contribution in [3.63, 3.8) is 0 Å². The van der Waals surface area contributed by atoms with E-state index in [1.165, 1.54) is 12.1 Å². The van der Waals surface area contributed by atoms with Gasteiger partial charge in [-0.25, -0.2) is 4.39 Å². The SMILES string of the molecule is CCCN(C(=O)c1cc(S)ccc1F)C1CCNCC1. The van der Waals surface area contributed by atoms with Gasteiger partial charge in [0.1, 0.15) is 5.82 Å². The molecule has 0 spiro atoms. The number of carbonyl (C=O) groups is 1. The molecule has 0 radical (unpaired) electrons. The van der Waals surface area contributed by atoms with Crippen LogP contribution in [-0.2, 0) is 0 Å². The second kappa shape index (κ2) is 7.09. The fourth-order valence-corrected chi connectivity index (χ4v) is 2.84. The molecule has 0 aliphatic carbocycles. The van der Waals surface area contributed by atoms with Gasteiger partial charge in [-0.2, -0.15) is 0 Å². The Balaban J connectivity index is 2.23. The van der Waals surface area contributed by atoms with Crippen LogP contribution in [0, 0.1) is 5.82 Å². The molecular weight excluding hydrogens is 275 g/mol. The van der Waals surface area contributed by atoms with Crippen LogP contribution in [0.2, 0.25) is 0 Å². The fourth-order valence-electron chi connectivity index (χ4n) is 2.64. The number of benzene rings is 1. The number of nitrogens with zero attached hydrogens (tertiary/aromatic N) is 1. The number of rotatable bonds is 4. The number of halogens is 1. The first-order valence-electron chi connectivity index (χ1n) is 7.13. The van der Waals surface area contributed by atoms with Crippen LogP contribution in [0.1, 0.15) is 36.5 Å². The molecule has 1 aromatic carbocycles. The van der Waals surface area contributed by atoms with Crippen LogP contribution in [0.15, 0.2) is 23.1 Å². The fraction of sp³-hybridized carbons (Fsp3) is 0.533. The van der Waals surface area contributed by atoms with Crippen LogP contribution in [0.25, 0.3) is 0 Å². The maximum absolute atomic E-state index is 13.9. The highest BCUT2D eigenvalue weighted by atomic mass is 32.1. The van der Waals surface area contributed by atoms with Gasteiger partial charge < -0.3 is 10.2 Å². The molecule has 0 unspecified atom stereocenters. The van der Waals surface area contributed by atoms with E-state index < -0.39 is 5.82 Å². The summed E-state index contributed by atoms with van der Waals surface area (Å²) >= 11 is 4.20. The van der Waals surface area contributed by atoms with E-state index in [4.69, 9.17) is 0 Å². The molecule has 20 heavy (non-hydrogen) atoms. The van der Waals surface area contributed by atoms with Crippen molar-refractivity contribution in [3.8, 4) is 0 Å². The molecule has 0 saturated carbocycles. The number of piperidine rings is 1. The highest BCUT2D eigenvalue weighted by Crippen LogP contribution is 2.20. The molecule has 1 amide bonds. The Morgan fingerprint density at radius 2 is 2.15 bits per heavy atom. The van der Waals surface area contributed by atoms with Gasteiger partial charge in [0, 0.05) is 17.5 Å². The summed E-state index contributed by atoms with van der Waals surface area (Å²) in [6.45, 7) is 4.52. The summed E-state index contributed by atoms with van der Waals surface area (Å²) in [7, 11) is 0. The van der Waals surface area contributed by atoms with Crippen LogP contribution < -0.4 is 5.32 Å². The predicted molar refractivity (Wildman–Crippen MR) is 80.9 cm³/mol. The summed E-state index contributed by atoms with van der Waals surface area (Å²) in [6, 6.07) is 4.59. The number of hydrogen-bond acceptors (Lipinski definition) is 3. The van der Waals surface area contributed by atoms with Crippen molar-refractivity contribution in [1.82, 2.24) is 10.2 Å². The smallest absolute Gasteiger partial charge is 0.257 e. The van der Waals surface area contributed by atoms with Gasteiger partial charge in [0.15, 0.2) is 0 Å². The van der Waals surface area contributed by atoms with Crippen molar-refractivity contribution in [2.24, 2.45) is 0 Å². The minimum absolute atomic E-state index is 0.129. The lowest BCUT2D eigenvalue weighted by Crippen LogP contribution is -2.46. The molecular formula is C15H21FN2OS. The standard InChI is InChI=1S/C15H21FN2OS/c1-2-9-18(11-5-7-17-8-6-11)15(19)13-10-12(20)3-4-14(13)16/h3-4,10-11,17,20H,2,5-9H2,1H3. The largest absolute Gasteiger partial charge is 0.335 e. The molecule has 1 N–H and O–H groups in total. The number of hydrogen-bond donors (Lipinski definition) is 2. The van der Waals surface area contributed by atoms with Crippen LogP contribution in [0.4, 0.5) is 4.39 Å². The zero-order chi connectivity index (χ0) is 14.5. The van der Waals surface area contributed by atoms with E-state index in [-0.39, 0.29) is 17.5 Å². The molecule has 110 valence electrons. The Hall–Kier alpha value is -1.07. The Morgan fingerprint density at radius 3 is 2.80 bits per heavy atom. The zero-order valence-electron chi connectivity index (χ0n) is 11.7. The Labute approximate surface area is 125 Å². The van der Waals surface area contributed by atoms with Crippen molar-refractivity contribution in [2.45, 2.75) is 37.1 Å². The third-order valence-electron chi connectivity index (χ3n) is 3.66. The molecule has 0 bridgehead atoms. The van der Waals surface area contributed by atoms with Gasteiger partial charge in [0.2, 0.25) is 0 Å². The molecule has 0 aromatic heterocycles. The van der Waals surface area contributed by atoms with E-state index in [2.05, 4.69) is 17.9 Å². The highest BCUT2D eigenvalue weighted by Gasteiger charge is 2.27. The van der Waals surface area contributed by atoms with Crippen molar-refractivity contribution in [3.05, 3.63) is 29.6 Å². The van der Waals surface area contributed by atoms with Crippen molar-refractivity contribution >= 4 is 18.5 Å². The zero-order valence-corrected chi connectivity index (χ0v) is 12.6. The summed E-state index contributed by atoms with van der Waals surface area (Å²) in [6.07, 6.45) is 2.72. The summed E-state index contributed by atoms with van der Waals surface area (Å²) in [4.78, 5) is 15.1. The molecule has 3 nitrogen and oxygen atoms in total. The maximum Gasteiger partial charge on any atom is 0.257 e. The van der Waals surface area contributed by atoms with Gasteiger partial charge in [-0.3, -0.25) is 4.79 Å². The monoisotopic (exact) mass is 296 g/mol. The van der Waals surface area contributed by atoms with E-state index >= 15 is 0 Å². The lowest BCUT2D eigenvalue weighted by molar-refractivity contribution is 0.0637. The number of amides is 1. The second-order valence-electron chi connectivity index (χ2n) is 5.14. The van der Waals surface area contributed by atoms with Crippen LogP contribution in [-0.4, -0.2) is 36.5 Å². The van der Waals surface area contributed by atoms with E-state index in [9.17, 15) is 9.18 Å². The normalized spacial score (nSPS) is 16.1. The average molecular weight is 296 g/mol. The van der Waals surface area contributed by atoms with Crippen molar-refractivity contribution < 1.29 is 9.18 Å². The van der Waals surface area contributed by atoms with Gasteiger partial charge in [-0.05, 0) is 50.6 Å². The summed E-state index contributed by atoms with van der Waals surface area (Å²) in [5, 5.41) is 3.29. The van der Waals surface area contributed by atoms with E-state index in [0.717, 1.165) is 32.4 Å². The molecule has 1 fully saturated rings. The molecule has 1 saturated heterocycles. The van der Waals surface area contributed by atoms with Gasteiger partial charge in [-0.1, -0.05) is 6.92 Å². The third-order valence-corrected chi connectivity index (χ3v) is 3.93. The third kappa shape index (κ3) is 3.52. The minimum Gasteiger partial charge on any atom is -0.335 e. The van der Waals surface area contributed by atoms with Gasteiger partial charge in [0.05, 0.1) is 5.56 Å². The quantitative estimate of drug-likeness (QED) is 0.837. The summed E-state index contributed by atoms with van der Waals surface area (Å²) < 4.78 is 13.9. The van der Waals surface area contributed by atoms with E-state index in [0.29, 0.717) is 11.4 Å². The van der Waals surface area contributed by atoms with Crippen molar-refractivity contribution in [1.29, 1.82) is 0 Å². The molecule has 1 aliphatic heterocycles. The number of carbonyl (C=O) groups excluding carboxylic acids is 1. The first-order valence-corrected chi connectivity index (χ1v) is 7.58.